The molecule has 7 nitrogen and oxygen atoms in total. The van der Waals surface area contributed by atoms with Crippen molar-refractivity contribution in [1.29, 1.82) is 5.26 Å². The third-order valence-corrected chi connectivity index (χ3v) is 4.01. The largest absolute Gasteiger partial charge is 0.466 e. The zero-order chi connectivity index (χ0) is 20.0. The molecule has 0 aliphatic carbocycles. The molecule has 0 unspecified atom stereocenters. The number of ether oxygens (including phenoxy) is 3. The van der Waals surface area contributed by atoms with E-state index < -0.39 is 17.9 Å². The number of hydrogen-bond donors (Lipinski definition) is 1. The van der Waals surface area contributed by atoms with Crippen LogP contribution in [0.3, 0.4) is 0 Å². The Morgan fingerprint density at radius 2 is 1.81 bits per heavy atom. The maximum Gasteiger partial charge on any atom is 0.338 e. The predicted octanol–water partition coefficient (Wildman–Crippen LogP) is 2.57. The van der Waals surface area contributed by atoms with E-state index in [-0.39, 0.29) is 42.4 Å². The number of hydrogen-bond acceptors (Lipinski definition) is 7. The van der Waals surface area contributed by atoms with Crippen LogP contribution in [0, 0.1) is 18.3 Å². The highest BCUT2D eigenvalue weighted by atomic mass is 16.5. The minimum Gasteiger partial charge on any atom is -0.466 e. The number of allylic oxidation sites excluding steroid dienone is 1. The first-order valence-corrected chi connectivity index (χ1v) is 8.62. The Morgan fingerprint density at radius 3 is 2.37 bits per heavy atom. The van der Waals surface area contributed by atoms with Gasteiger partial charge in [0.05, 0.1) is 24.7 Å². The number of rotatable bonds is 6. The average Bonchev–Trinajstić information content (AvgIpc) is 2.62. The van der Waals surface area contributed by atoms with Gasteiger partial charge in [0.2, 0.25) is 5.88 Å². The zero-order valence-electron chi connectivity index (χ0n) is 15.6. The highest BCUT2D eigenvalue weighted by Crippen LogP contribution is 2.40. The lowest BCUT2D eigenvalue weighted by Crippen LogP contribution is -2.27. The van der Waals surface area contributed by atoms with Crippen LogP contribution >= 0.6 is 0 Å². The summed E-state index contributed by atoms with van der Waals surface area (Å²) in [6.45, 7) is 5.60. The second-order valence-electron chi connectivity index (χ2n) is 5.87. The molecule has 0 saturated heterocycles. The number of carbonyl (C=O) groups excluding carboxylic acids is 2. The van der Waals surface area contributed by atoms with Gasteiger partial charge in [-0.05, 0) is 26.3 Å². The van der Waals surface area contributed by atoms with Crippen molar-refractivity contribution < 1.29 is 23.8 Å². The first kappa shape index (κ1) is 20.0. The van der Waals surface area contributed by atoms with Crippen LogP contribution in [-0.4, -0.2) is 25.2 Å². The number of nitrogens with two attached hydrogens (primary N) is 1. The third-order valence-electron chi connectivity index (χ3n) is 4.01. The van der Waals surface area contributed by atoms with Crippen LogP contribution in [0.2, 0.25) is 0 Å². The Bertz CT molecular complexity index is 831. The van der Waals surface area contributed by atoms with Gasteiger partial charge in [-0.2, -0.15) is 5.26 Å². The first-order chi connectivity index (χ1) is 12.9. The summed E-state index contributed by atoms with van der Waals surface area (Å²) in [6.07, 6.45) is -0.288. The van der Waals surface area contributed by atoms with Crippen molar-refractivity contribution in [1.82, 2.24) is 0 Å². The number of carbonyl (C=O) groups is 2. The maximum absolute atomic E-state index is 12.7. The molecular formula is C20H22N2O5. The summed E-state index contributed by atoms with van der Waals surface area (Å²) >= 11 is 0. The van der Waals surface area contributed by atoms with E-state index in [1.54, 1.807) is 26.0 Å². The Morgan fingerprint density at radius 1 is 1.19 bits per heavy atom. The standard InChI is InChI=1S/C20H22N2O5/c1-4-25-16(23)10-15-18(20(24)26-5-2)17(14(11-21)19(22)27-15)13-8-6-12(3)7-9-13/h6-9,17H,4-5,10,22H2,1-3H3/t17-/m1/s1. The molecule has 0 radical (unpaired) electrons. The molecule has 0 spiro atoms. The molecule has 0 aromatic heterocycles. The maximum atomic E-state index is 12.7. The van der Waals surface area contributed by atoms with Crippen LogP contribution in [0.4, 0.5) is 0 Å². The van der Waals surface area contributed by atoms with Gasteiger partial charge in [0, 0.05) is 0 Å². The number of aryl methyl sites for hydroxylation is 1. The molecule has 1 aliphatic rings. The van der Waals surface area contributed by atoms with Gasteiger partial charge in [-0.25, -0.2) is 4.79 Å². The molecule has 2 rings (SSSR count). The first-order valence-electron chi connectivity index (χ1n) is 8.62. The molecule has 0 fully saturated rings. The lowest BCUT2D eigenvalue weighted by molar-refractivity contribution is -0.143. The van der Waals surface area contributed by atoms with Crippen LogP contribution in [0.1, 0.15) is 37.3 Å². The van der Waals surface area contributed by atoms with E-state index in [0.29, 0.717) is 5.56 Å². The molecule has 2 N–H and O–H groups in total. The predicted molar refractivity (Wildman–Crippen MR) is 96.7 cm³/mol. The number of nitriles is 1. The van der Waals surface area contributed by atoms with Gasteiger partial charge >= 0.3 is 11.9 Å². The summed E-state index contributed by atoms with van der Waals surface area (Å²) in [6, 6.07) is 9.35. The normalized spacial score (nSPS) is 16.4. The van der Waals surface area contributed by atoms with E-state index in [9.17, 15) is 14.9 Å². The summed E-state index contributed by atoms with van der Waals surface area (Å²) in [4.78, 5) is 24.7. The fourth-order valence-electron chi connectivity index (χ4n) is 2.82. The van der Waals surface area contributed by atoms with Crippen LogP contribution in [0.15, 0.2) is 47.1 Å². The topological polar surface area (TPSA) is 112 Å². The Labute approximate surface area is 158 Å². The summed E-state index contributed by atoms with van der Waals surface area (Å²) in [7, 11) is 0. The quantitative estimate of drug-likeness (QED) is 0.766. The number of nitrogens with zero attached hydrogens (tertiary/aromatic N) is 1. The molecule has 142 valence electrons. The Kier molecular flexibility index (Phi) is 6.61. The summed E-state index contributed by atoms with van der Waals surface area (Å²) in [5.74, 6) is -2.12. The second-order valence-corrected chi connectivity index (χ2v) is 5.87. The van der Waals surface area contributed by atoms with Gasteiger partial charge in [0.15, 0.2) is 0 Å². The van der Waals surface area contributed by atoms with Gasteiger partial charge in [-0.3, -0.25) is 4.79 Å². The van der Waals surface area contributed by atoms with Gasteiger partial charge in [0.25, 0.3) is 0 Å². The molecule has 1 aliphatic heterocycles. The minimum atomic E-state index is -0.784. The smallest absolute Gasteiger partial charge is 0.338 e. The van der Waals surface area contributed by atoms with E-state index in [1.807, 2.05) is 25.1 Å². The molecule has 1 aromatic carbocycles. The summed E-state index contributed by atoms with van der Waals surface area (Å²) < 4.78 is 15.6. The molecule has 7 heteroatoms. The Hall–Kier alpha value is -3.27. The Balaban J connectivity index is 2.62. The molecule has 1 heterocycles. The van der Waals surface area contributed by atoms with Crippen molar-refractivity contribution >= 4 is 11.9 Å². The van der Waals surface area contributed by atoms with E-state index >= 15 is 0 Å². The minimum absolute atomic E-state index is 0.0361. The summed E-state index contributed by atoms with van der Waals surface area (Å²) in [5, 5.41) is 9.60. The molecule has 0 saturated carbocycles. The van der Waals surface area contributed by atoms with Crippen LogP contribution in [-0.2, 0) is 23.8 Å². The second kappa shape index (κ2) is 8.90. The fourth-order valence-corrected chi connectivity index (χ4v) is 2.82. The van der Waals surface area contributed by atoms with Crippen molar-refractivity contribution in [2.24, 2.45) is 5.73 Å². The molecule has 0 amide bonds. The van der Waals surface area contributed by atoms with Crippen molar-refractivity contribution in [2.75, 3.05) is 13.2 Å². The molecular weight excluding hydrogens is 348 g/mol. The fraction of sp³-hybridized carbons (Fsp3) is 0.350. The van der Waals surface area contributed by atoms with Crippen molar-refractivity contribution in [3.63, 3.8) is 0 Å². The van der Waals surface area contributed by atoms with E-state index in [1.165, 1.54) is 0 Å². The van der Waals surface area contributed by atoms with Crippen LogP contribution in [0.5, 0.6) is 0 Å². The third kappa shape index (κ3) is 4.47. The zero-order valence-corrected chi connectivity index (χ0v) is 15.6. The van der Waals surface area contributed by atoms with Gasteiger partial charge in [0.1, 0.15) is 23.8 Å². The van der Waals surface area contributed by atoms with Crippen molar-refractivity contribution in [3.8, 4) is 6.07 Å². The van der Waals surface area contributed by atoms with E-state index in [0.717, 1.165) is 5.56 Å². The van der Waals surface area contributed by atoms with Crippen molar-refractivity contribution in [3.05, 3.63) is 58.2 Å². The molecule has 1 atom stereocenters. The van der Waals surface area contributed by atoms with E-state index in [4.69, 9.17) is 19.9 Å². The van der Waals surface area contributed by atoms with E-state index in [2.05, 4.69) is 0 Å². The summed E-state index contributed by atoms with van der Waals surface area (Å²) in [5.41, 5.74) is 7.79. The van der Waals surface area contributed by atoms with Gasteiger partial charge in [-0.15, -0.1) is 0 Å². The van der Waals surface area contributed by atoms with Crippen LogP contribution < -0.4 is 5.73 Å². The molecule has 0 bridgehead atoms. The molecule has 1 aromatic rings. The van der Waals surface area contributed by atoms with Gasteiger partial charge < -0.3 is 19.9 Å². The SMILES string of the molecule is CCOC(=O)CC1=C(C(=O)OCC)[C@H](c2ccc(C)cc2)C(C#N)=C(N)O1. The van der Waals surface area contributed by atoms with Crippen molar-refractivity contribution in [2.45, 2.75) is 33.1 Å². The monoisotopic (exact) mass is 370 g/mol. The number of esters is 2. The lowest BCUT2D eigenvalue weighted by Gasteiger charge is -2.28. The lowest BCUT2D eigenvalue weighted by atomic mass is 9.82. The highest BCUT2D eigenvalue weighted by Gasteiger charge is 2.38. The highest BCUT2D eigenvalue weighted by molar-refractivity contribution is 5.93. The van der Waals surface area contributed by atoms with Gasteiger partial charge in [-0.1, -0.05) is 29.8 Å². The number of benzene rings is 1. The molecule has 27 heavy (non-hydrogen) atoms. The average molecular weight is 370 g/mol. The van der Waals surface area contributed by atoms with Crippen LogP contribution in [0.25, 0.3) is 0 Å².